The first kappa shape index (κ1) is 16.0. The molecule has 0 atom stereocenters. The number of halogens is 2. The second-order valence-electron chi connectivity index (χ2n) is 3.55. The number of sulfonamides is 1. The van der Waals surface area contributed by atoms with Gasteiger partial charge < -0.3 is 10.2 Å². The third kappa shape index (κ3) is 3.96. The van der Waals surface area contributed by atoms with Crippen LogP contribution in [0.5, 0.6) is 0 Å². The average Bonchev–Trinajstić information content (AvgIpc) is 2.31. The summed E-state index contributed by atoms with van der Waals surface area (Å²) in [5, 5.41) is 17.3. The maximum atomic E-state index is 13.8. The smallest absolute Gasteiger partial charge is 0.338 e. The molecule has 0 fully saturated rings. The fourth-order valence-corrected chi connectivity index (χ4v) is 3.08. The van der Waals surface area contributed by atoms with Gasteiger partial charge in [0.1, 0.15) is 4.90 Å². The number of carboxylic acid groups (broad SMARTS) is 1. The van der Waals surface area contributed by atoms with Crippen LogP contribution in [0, 0.1) is 5.82 Å². The predicted octanol–water partition coefficient (Wildman–Crippen LogP) is 0.947. The van der Waals surface area contributed by atoms with Gasteiger partial charge in [0, 0.05) is 17.6 Å². The van der Waals surface area contributed by atoms with E-state index in [1.807, 2.05) is 0 Å². The molecule has 0 spiro atoms. The molecule has 1 rings (SSSR count). The van der Waals surface area contributed by atoms with E-state index in [9.17, 15) is 17.6 Å². The molecule has 0 aromatic heterocycles. The van der Waals surface area contributed by atoms with E-state index in [1.54, 1.807) is 0 Å². The highest BCUT2D eigenvalue weighted by molar-refractivity contribution is 9.10. The van der Waals surface area contributed by atoms with E-state index in [0.717, 1.165) is 12.1 Å². The van der Waals surface area contributed by atoms with Gasteiger partial charge in [0.25, 0.3) is 0 Å². The van der Waals surface area contributed by atoms with Gasteiger partial charge >= 0.3 is 5.97 Å². The van der Waals surface area contributed by atoms with Crippen molar-refractivity contribution in [1.82, 2.24) is 4.72 Å². The molecule has 0 saturated heterocycles. The number of aliphatic hydroxyl groups excluding tert-OH is 1. The molecule has 9 heteroatoms. The van der Waals surface area contributed by atoms with Crippen molar-refractivity contribution in [2.45, 2.75) is 11.3 Å². The lowest BCUT2D eigenvalue weighted by molar-refractivity contribution is 0.0691. The molecule has 6 nitrogen and oxygen atoms in total. The topological polar surface area (TPSA) is 104 Å². The highest BCUT2D eigenvalue weighted by Crippen LogP contribution is 2.24. The number of benzene rings is 1. The quantitative estimate of drug-likeness (QED) is 0.659. The van der Waals surface area contributed by atoms with Gasteiger partial charge in [-0.15, -0.1) is 0 Å². The van der Waals surface area contributed by atoms with Gasteiger partial charge in [0.15, 0.2) is 5.82 Å². The Morgan fingerprint density at radius 2 is 2.05 bits per heavy atom. The molecule has 3 N–H and O–H groups in total. The van der Waals surface area contributed by atoms with Crippen molar-refractivity contribution in [3.63, 3.8) is 0 Å². The van der Waals surface area contributed by atoms with Crippen LogP contribution < -0.4 is 4.72 Å². The molecule has 0 aliphatic carbocycles. The molecule has 19 heavy (non-hydrogen) atoms. The Morgan fingerprint density at radius 3 is 2.58 bits per heavy atom. The van der Waals surface area contributed by atoms with Gasteiger partial charge in [-0.05, 0) is 18.6 Å². The van der Waals surface area contributed by atoms with Gasteiger partial charge in [-0.1, -0.05) is 15.9 Å². The summed E-state index contributed by atoms with van der Waals surface area (Å²) in [6.45, 7) is -0.295. The minimum absolute atomic E-state index is 0.0762. The molecule has 0 amide bonds. The largest absolute Gasteiger partial charge is 0.478 e. The van der Waals surface area contributed by atoms with E-state index in [0.29, 0.717) is 0 Å². The molecular formula is C10H11BrFNO5S. The first-order chi connectivity index (χ1) is 8.79. The van der Waals surface area contributed by atoms with Crippen LogP contribution in [0.3, 0.4) is 0 Å². The molecule has 0 heterocycles. The Morgan fingerprint density at radius 1 is 1.42 bits per heavy atom. The van der Waals surface area contributed by atoms with Crippen molar-refractivity contribution in [2.24, 2.45) is 0 Å². The molecule has 1 aromatic rings. The van der Waals surface area contributed by atoms with Crippen molar-refractivity contribution < 1.29 is 27.8 Å². The lowest BCUT2D eigenvalue weighted by Crippen LogP contribution is -2.26. The molecule has 106 valence electrons. The van der Waals surface area contributed by atoms with Crippen LogP contribution in [0.1, 0.15) is 16.8 Å². The maximum absolute atomic E-state index is 13.8. The van der Waals surface area contributed by atoms with Crippen LogP contribution in [-0.4, -0.2) is 37.8 Å². The number of rotatable bonds is 6. The van der Waals surface area contributed by atoms with Gasteiger partial charge in [-0.3, -0.25) is 0 Å². The van der Waals surface area contributed by atoms with Crippen LogP contribution in [0.25, 0.3) is 0 Å². The van der Waals surface area contributed by atoms with E-state index in [-0.39, 0.29) is 24.0 Å². The zero-order valence-corrected chi connectivity index (χ0v) is 12.0. The van der Waals surface area contributed by atoms with E-state index in [2.05, 4.69) is 20.7 Å². The van der Waals surface area contributed by atoms with Crippen LogP contribution in [0.4, 0.5) is 4.39 Å². The predicted molar refractivity (Wildman–Crippen MR) is 68.0 cm³/mol. The van der Waals surface area contributed by atoms with Gasteiger partial charge in [-0.25, -0.2) is 22.3 Å². The summed E-state index contributed by atoms with van der Waals surface area (Å²) in [4.78, 5) is 10.1. The second kappa shape index (κ2) is 6.42. The normalized spacial score (nSPS) is 11.5. The lowest BCUT2D eigenvalue weighted by atomic mass is 10.2. The van der Waals surface area contributed by atoms with Crippen LogP contribution in [0.15, 0.2) is 21.5 Å². The molecule has 0 bridgehead atoms. The fraction of sp³-hybridized carbons (Fsp3) is 0.300. The summed E-state index contributed by atoms with van der Waals surface area (Å²) in [5.41, 5.74) is -0.739. The van der Waals surface area contributed by atoms with Gasteiger partial charge in [0.05, 0.1) is 5.56 Å². The standard InChI is InChI=1S/C10H11BrFNO5S/c11-6-4-7(10(15)16)9(12)8(5-6)19(17,18)13-2-1-3-14/h4-5,13-14H,1-3H2,(H,15,16). The Balaban J connectivity index is 3.23. The van der Waals surface area contributed by atoms with Crippen molar-refractivity contribution in [3.05, 3.63) is 28.0 Å². The Kier molecular flexibility index (Phi) is 5.41. The molecule has 0 unspecified atom stereocenters. The Hall–Kier alpha value is -1.03. The first-order valence-corrected chi connectivity index (χ1v) is 7.40. The van der Waals surface area contributed by atoms with Crippen LogP contribution >= 0.6 is 15.9 Å². The zero-order chi connectivity index (χ0) is 14.6. The minimum Gasteiger partial charge on any atom is -0.478 e. The van der Waals surface area contributed by atoms with Gasteiger partial charge in [0.2, 0.25) is 10.0 Å². The summed E-state index contributed by atoms with van der Waals surface area (Å²) < 4.78 is 39.7. The van der Waals surface area contributed by atoms with Crippen molar-refractivity contribution in [1.29, 1.82) is 0 Å². The molecular weight excluding hydrogens is 345 g/mol. The Labute approximate surface area is 117 Å². The number of hydrogen-bond donors (Lipinski definition) is 3. The number of carbonyl (C=O) groups is 1. The lowest BCUT2D eigenvalue weighted by Gasteiger charge is -2.09. The Bertz CT molecular complexity index is 590. The number of nitrogens with one attached hydrogen (secondary N) is 1. The monoisotopic (exact) mass is 355 g/mol. The summed E-state index contributed by atoms with van der Waals surface area (Å²) in [5.74, 6) is -2.89. The zero-order valence-electron chi connectivity index (χ0n) is 9.56. The summed E-state index contributed by atoms with van der Waals surface area (Å²) in [7, 11) is -4.17. The highest BCUT2D eigenvalue weighted by atomic mass is 79.9. The van der Waals surface area contributed by atoms with Crippen LogP contribution in [0.2, 0.25) is 0 Å². The summed E-state index contributed by atoms with van der Waals surface area (Å²) in [6.07, 6.45) is 0.167. The highest BCUT2D eigenvalue weighted by Gasteiger charge is 2.24. The number of hydrogen-bond acceptors (Lipinski definition) is 4. The van der Waals surface area contributed by atoms with Crippen molar-refractivity contribution >= 4 is 31.9 Å². The molecule has 0 saturated carbocycles. The van der Waals surface area contributed by atoms with E-state index in [1.165, 1.54) is 0 Å². The van der Waals surface area contributed by atoms with E-state index in [4.69, 9.17) is 10.2 Å². The SMILES string of the molecule is O=C(O)c1cc(Br)cc(S(=O)(=O)NCCCO)c1F. The average molecular weight is 356 g/mol. The first-order valence-electron chi connectivity index (χ1n) is 5.12. The third-order valence-electron chi connectivity index (χ3n) is 2.15. The van der Waals surface area contributed by atoms with Crippen molar-refractivity contribution in [2.75, 3.05) is 13.2 Å². The van der Waals surface area contributed by atoms with E-state index >= 15 is 0 Å². The summed E-state index contributed by atoms with van der Waals surface area (Å²) in [6, 6.07) is 1.95. The van der Waals surface area contributed by atoms with E-state index < -0.39 is 32.3 Å². The number of aliphatic hydroxyl groups is 1. The minimum atomic E-state index is -4.17. The maximum Gasteiger partial charge on any atom is 0.338 e. The number of carboxylic acids is 1. The second-order valence-corrected chi connectivity index (χ2v) is 6.20. The molecule has 0 radical (unpaired) electrons. The fourth-order valence-electron chi connectivity index (χ4n) is 1.28. The van der Waals surface area contributed by atoms with Gasteiger partial charge in [-0.2, -0.15) is 0 Å². The van der Waals surface area contributed by atoms with Crippen LogP contribution in [-0.2, 0) is 10.0 Å². The molecule has 0 aliphatic rings. The molecule has 0 aliphatic heterocycles. The third-order valence-corrected chi connectivity index (χ3v) is 4.07. The summed E-state index contributed by atoms with van der Waals surface area (Å²) >= 11 is 2.93. The number of aromatic carboxylic acids is 1. The van der Waals surface area contributed by atoms with Crippen molar-refractivity contribution in [3.8, 4) is 0 Å². The molecule has 1 aromatic carbocycles.